The molecule has 1 unspecified atom stereocenters. The van der Waals surface area contributed by atoms with E-state index in [0.29, 0.717) is 11.3 Å². The minimum absolute atomic E-state index is 0.177. The summed E-state index contributed by atoms with van der Waals surface area (Å²) in [4.78, 5) is 0. The van der Waals surface area contributed by atoms with Crippen LogP contribution in [0, 0.1) is 23.5 Å². The summed E-state index contributed by atoms with van der Waals surface area (Å²) in [7, 11) is 0. The molecule has 0 radical (unpaired) electrons. The second-order valence-corrected chi connectivity index (χ2v) is 16.9. The summed E-state index contributed by atoms with van der Waals surface area (Å²) in [5, 5.41) is 0. The van der Waals surface area contributed by atoms with Crippen LogP contribution in [-0.2, 0) is 41.5 Å². The van der Waals surface area contributed by atoms with Crippen molar-refractivity contribution in [1.82, 2.24) is 0 Å². The Balaban J connectivity index is 0.000000167. The van der Waals surface area contributed by atoms with Gasteiger partial charge in [0.25, 0.3) is 0 Å². The van der Waals surface area contributed by atoms with Gasteiger partial charge in [0, 0.05) is 0 Å². The second kappa shape index (κ2) is 14.9. The van der Waals surface area contributed by atoms with E-state index in [1.165, 1.54) is 83.9 Å². The third kappa shape index (κ3) is 9.35. The van der Waals surface area contributed by atoms with E-state index in [-0.39, 0.29) is 10.8 Å². The molecular formula is C45H52Zr. The van der Waals surface area contributed by atoms with Gasteiger partial charge in [-0.25, -0.2) is 6.08 Å². The van der Waals surface area contributed by atoms with Crippen LogP contribution in [0.5, 0.6) is 0 Å². The summed E-state index contributed by atoms with van der Waals surface area (Å²) in [6, 6.07) is 36.2. The van der Waals surface area contributed by atoms with Gasteiger partial charge in [-0.15, -0.1) is 5.56 Å². The van der Waals surface area contributed by atoms with Crippen LogP contribution in [0.1, 0.15) is 109 Å². The van der Waals surface area contributed by atoms with Crippen LogP contribution >= 0.6 is 0 Å². The first-order valence-electron chi connectivity index (χ1n) is 16.8. The van der Waals surface area contributed by atoms with E-state index in [4.69, 9.17) is 0 Å². The number of allylic oxidation sites excluding steroid dienone is 4. The Morgan fingerprint density at radius 3 is 1.70 bits per heavy atom. The van der Waals surface area contributed by atoms with Crippen LogP contribution < -0.4 is 0 Å². The Morgan fingerprint density at radius 2 is 1.24 bits per heavy atom. The Kier molecular flexibility index (Phi) is 11.6. The number of fused-ring (bicyclic) bond motifs is 3. The van der Waals surface area contributed by atoms with Gasteiger partial charge in [0.05, 0.1) is 0 Å². The summed E-state index contributed by atoms with van der Waals surface area (Å²) in [5.74, 6) is 0.573. The summed E-state index contributed by atoms with van der Waals surface area (Å²) >= 11 is 1.46. The molecule has 0 heterocycles. The Morgan fingerprint density at radius 1 is 0.696 bits per heavy atom. The molecule has 236 valence electrons. The number of rotatable bonds is 3. The van der Waals surface area contributed by atoms with Crippen LogP contribution in [0.25, 0.3) is 11.1 Å². The molecule has 4 aromatic rings. The van der Waals surface area contributed by atoms with E-state index in [9.17, 15) is 0 Å². The third-order valence-electron chi connectivity index (χ3n) is 8.79. The van der Waals surface area contributed by atoms with Gasteiger partial charge in [0.1, 0.15) is 0 Å². The van der Waals surface area contributed by atoms with Crippen molar-refractivity contribution in [2.24, 2.45) is 11.3 Å². The Hall–Kier alpha value is -2.89. The maximum absolute atomic E-state index is 3.53. The molecule has 0 fully saturated rings. The molecule has 0 amide bonds. The van der Waals surface area contributed by atoms with Gasteiger partial charge in [-0.2, -0.15) is 41.0 Å². The number of hydrogen-bond donors (Lipinski definition) is 0. The molecule has 0 aromatic heterocycles. The maximum atomic E-state index is 3.53. The summed E-state index contributed by atoms with van der Waals surface area (Å²) < 4.78 is 1.42. The second-order valence-electron chi connectivity index (χ2n) is 15.6. The molecular weight excluding hydrogens is 632 g/mol. The van der Waals surface area contributed by atoms with Crippen LogP contribution in [0.3, 0.4) is 0 Å². The van der Waals surface area contributed by atoms with E-state index in [1.54, 1.807) is 0 Å². The molecule has 4 aromatic carbocycles. The van der Waals surface area contributed by atoms with E-state index < -0.39 is 0 Å². The van der Waals surface area contributed by atoms with Crippen molar-refractivity contribution >= 4 is 3.21 Å². The van der Waals surface area contributed by atoms with Gasteiger partial charge in [0.15, 0.2) is 0 Å². The van der Waals surface area contributed by atoms with Crippen molar-refractivity contribution in [1.29, 1.82) is 0 Å². The van der Waals surface area contributed by atoms with Gasteiger partial charge >= 0.3 is 99.2 Å². The van der Waals surface area contributed by atoms with E-state index in [1.807, 2.05) is 0 Å². The molecule has 2 aliphatic rings. The van der Waals surface area contributed by atoms with Crippen molar-refractivity contribution in [3.05, 3.63) is 154 Å². The molecule has 0 N–H and O–H groups in total. The molecule has 2 aliphatic carbocycles. The topological polar surface area (TPSA) is 0 Å². The van der Waals surface area contributed by atoms with Gasteiger partial charge in [-0.05, 0) is 17.4 Å². The minimum atomic E-state index is 0.177. The SMILES string of the molecule is CC(C)(C)c1c[c-]c2c(c1)-c1cc(C(C)(C)C)ccc1C2.CCC1[C-]=CC(C(C)(C)C)=C1.[Zr+2]=[C](c1ccccc1)c1ccccc1. The van der Waals surface area contributed by atoms with Crippen molar-refractivity contribution in [3.63, 3.8) is 0 Å². The van der Waals surface area contributed by atoms with Gasteiger partial charge < -0.3 is 0 Å². The molecule has 0 saturated heterocycles. The van der Waals surface area contributed by atoms with E-state index in [2.05, 4.69) is 185 Å². The molecule has 0 spiro atoms. The summed E-state index contributed by atoms with van der Waals surface area (Å²) in [6.07, 6.45) is 10.0. The molecule has 0 saturated carbocycles. The van der Waals surface area contributed by atoms with E-state index in [0.717, 1.165) is 6.42 Å². The normalized spacial score (nSPS) is 15.1. The average Bonchev–Trinajstić information content (AvgIpc) is 3.66. The van der Waals surface area contributed by atoms with Crippen molar-refractivity contribution in [2.75, 3.05) is 0 Å². The zero-order valence-corrected chi connectivity index (χ0v) is 32.3. The molecule has 1 atom stereocenters. The predicted octanol–water partition coefficient (Wildman–Crippen LogP) is 11.8. The molecule has 0 aliphatic heterocycles. The molecule has 46 heavy (non-hydrogen) atoms. The molecule has 0 bridgehead atoms. The zero-order chi connectivity index (χ0) is 33.7. The first-order chi connectivity index (χ1) is 21.6. The van der Waals surface area contributed by atoms with Gasteiger partial charge in [-0.1, -0.05) is 122 Å². The first kappa shape index (κ1) is 36.0. The average molecular weight is 684 g/mol. The Labute approximate surface area is 295 Å². The van der Waals surface area contributed by atoms with Crippen molar-refractivity contribution in [2.45, 2.75) is 92.9 Å². The monoisotopic (exact) mass is 682 g/mol. The molecule has 1 heteroatoms. The number of hydrogen-bond acceptors (Lipinski definition) is 0. The standard InChI is InChI=1S/C21H25.C13H10.C11H17.Zr/c1-20(2,3)16-9-7-14-11-15-8-10-17(21(4,5)6)13-19(15)18(14)12-16;1-3-7-12(8-4-1)11-13-9-5-2-6-10-13;1-5-9-6-7-10(8-9)11(2,3)4;/h7,9-10,12-13H,11H2,1-6H3;1-10H;7-9H,5H2,1-4H3;/q-1;;-1;+2. The first-order valence-corrected chi connectivity index (χ1v) is 18.0. The van der Waals surface area contributed by atoms with Crippen LogP contribution in [-0.4, -0.2) is 3.21 Å². The van der Waals surface area contributed by atoms with Gasteiger partial charge in [0.2, 0.25) is 0 Å². The van der Waals surface area contributed by atoms with Crippen molar-refractivity contribution < 1.29 is 24.2 Å². The van der Waals surface area contributed by atoms with E-state index >= 15 is 0 Å². The fourth-order valence-corrected chi connectivity index (χ4v) is 6.39. The quantitative estimate of drug-likeness (QED) is 0.166. The third-order valence-corrected chi connectivity index (χ3v) is 10.2. The summed E-state index contributed by atoms with van der Waals surface area (Å²) in [5.41, 5.74) is 13.2. The van der Waals surface area contributed by atoms with Crippen LogP contribution in [0.2, 0.25) is 0 Å². The predicted molar refractivity (Wildman–Crippen MR) is 196 cm³/mol. The van der Waals surface area contributed by atoms with Crippen LogP contribution in [0.15, 0.2) is 109 Å². The zero-order valence-electron chi connectivity index (χ0n) is 29.8. The fraction of sp³-hybridized carbons (Fsp3) is 0.356. The van der Waals surface area contributed by atoms with Gasteiger partial charge in [-0.3, -0.25) is 6.08 Å². The van der Waals surface area contributed by atoms with Crippen LogP contribution in [0.4, 0.5) is 0 Å². The number of benzene rings is 4. The fourth-order valence-electron chi connectivity index (χ4n) is 5.57. The Bertz CT molecular complexity index is 1580. The van der Waals surface area contributed by atoms with Crippen molar-refractivity contribution in [3.8, 4) is 11.1 Å². The molecule has 0 nitrogen and oxygen atoms in total. The molecule has 6 rings (SSSR count). The summed E-state index contributed by atoms with van der Waals surface area (Å²) in [6.45, 7) is 22.6.